The van der Waals surface area contributed by atoms with E-state index in [1.54, 1.807) is 6.07 Å². The predicted octanol–water partition coefficient (Wildman–Crippen LogP) is 4.27. The number of aldehydes is 1. The summed E-state index contributed by atoms with van der Waals surface area (Å²) in [5.41, 5.74) is 0.665. The Morgan fingerprint density at radius 2 is 2.00 bits per heavy atom. The molecule has 0 aliphatic rings. The molecule has 2 aromatic carbocycles. The molecule has 0 unspecified atom stereocenters. The summed E-state index contributed by atoms with van der Waals surface area (Å²) in [6.07, 6.45) is 0.443. The predicted molar refractivity (Wildman–Crippen MR) is 77.4 cm³/mol. The van der Waals surface area contributed by atoms with Crippen LogP contribution in [-0.4, -0.2) is 11.2 Å². The lowest BCUT2D eigenvalue weighted by atomic mass is 10.2. The number of nitro benzene ring substituents is 1. The Labute approximate surface area is 123 Å². The number of carbonyl (C=O) groups excluding carboxylic acids is 1. The van der Waals surface area contributed by atoms with Gasteiger partial charge in [0.2, 0.25) is 0 Å². The number of nitro groups is 1. The van der Waals surface area contributed by atoms with Crippen molar-refractivity contribution in [3.8, 4) is 11.5 Å². The zero-order valence-electron chi connectivity index (χ0n) is 10.5. The molecule has 0 saturated heterocycles. The van der Waals surface area contributed by atoms with Crippen LogP contribution >= 0.6 is 15.9 Å². The van der Waals surface area contributed by atoms with Crippen LogP contribution < -0.4 is 4.74 Å². The van der Waals surface area contributed by atoms with Gasteiger partial charge in [0.25, 0.3) is 5.69 Å². The Hall–Kier alpha value is -2.21. The summed E-state index contributed by atoms with van der Waals surface area (Å²) < 4.78 is 6.51. The summed E-state index contributed by atoms with van der Waals surface area (Å²) in [5.74, 6) is 0.990. The van der Waals surface area contributed by atoms with E-state index in [9.17, 15) is 14.9 Å². The number of ether oxygens (including phenoxy) is 1. The largest absolute Gasteiger partial charge is 0.457 e. The fourth-order valence-electron chi connectivity index (χ4n) is 1.67. The SMILES string of the molecule is Cc1ccc(Br)cc1Oc1ccc([N+](=O)[O-])c(C=O)c1. The van der Waals surface area contributed by atoms with Gasteiger partial charge in [0.05, 0.1) is 10.5 Å². The highest BCUT2D eigenvalue weighted by Gasteiger charge is 2.14. The van der Waals surface area contributed by atoms with Gasteiger partial charge in [0.15, 0.2) is 6.29 Å². The Morgan fingerprint density at radius 3 is 2.65 bits per heavy atom. The van der Waals surface area contributed by atoms with Crippen molar-refractivity contribution in [1.82, 2.24) is 0 Å². The zero-order chi connectivity index (χ0) is 14.7. The van der Waals surface area contributed by atoms with Crippen molar-refractivity contribution in [2.75, 3.05) is 0 Å². The van der Waals surface area contributed by atoms with Crippen LogP contribution in [0.4, 0.5) is 5.69 Å². The number of aryl methyl sites for hydroxylation is 1. The molecule has 5 nitrogen and oxygen atoms in total. The minimum atomic E-state index is -0.599. The molecule has 2 aromatic rings. The van der Waals surface area contributed by atoms with E-state index in [4.69, 9.17) is 4.74 Å². The minimum Gasteiger partial charge on any atom is -0.457 e. The quantitative estimate of drug-likeness (QED) is 0.475. The van der Waals surface area contributed by atoms with Gasteiger partial charge in [-0.2, -0.15) is 0 Å². The third-order valence-corrected chi connectivity index (χ3v) is 3.19. The maximum atomic E-state index is 10.9. The highest BCUT2D eigenvalue weighted by molar-refractivity contribution is 9.10. The lowest BCUT2D eigenvalue weighted by Gasteiger charge is -2.09. The summed E-state index contributed by atoms with van der Waals surface area (Å²) in [6.45, 7) is 1.88. The molecule has 6 heteroatoms. The lowest BCUT2D eigenvalue weighted by molar-refractivity contribution is -0.385. The molecule has 0 aliphatic heterocycles. The molecule has 0 bridgehead atoms. The Bertz CT molecular complexity index is 685. The van der Waals surface area contributed by atoms with E-state index in [1.807, 2.05) is 19.1 Å². The molecule has 0 fully saturated rings. The number of carbonyl (C=O) groups is 1. The van der Waals surface area contributed by atoms with Crippen molar-refractivity contribution in [3.63, 3.8) is 0 Å². The van der Waals surface area contributed by atoms with Crippen molar-refractivity contribution in [3.05, 3.63) is 62.1 Å². The van der Waals surface area contributed by atoms with Gasteiger partial charge in [-0.1, -0.05) is 22.0 Å². The average Bonchev–Trinajstić information content (AvgIpc) is 2.42. The molecule has 0 spiro atoms. The first-order valence-electron chi connectivity index (χ1n) is 5.69. The molecular formula is C14H10BrNO4. The van der Waals surface area contributed by atoms with Crippen LogP contribution in [0.5, 0.6) is 11.5 Å². The van der Waals surface area contributed by atoms with Crippen LogP contribution in [0.3, 0.4) is 0 Å². The molecular weight excluding hydrogens is 326 g/mol. The Kier molecular flexibility index (Phi) is 4.14. The first-order chi connectivity index (χ1) is 9.51. The third kappa shape index (κ3) is 3.03. The van der Waals surface area contributed by atoms with Gasteiger partial charge < -0.3 is 4.74 Å². The topological polar surface area (TPSA) is 69.4 Å². The van der Waals surface area contributed by atoms with Gasteiger partial charge in [-0.3, -0.25) is 14.9 Å². The summed E-state index contributed by atoms with van der Waals surface area (Å²) in [6, 6.07) is 9.63. The molecule has 102 valence electrons. The van der Waals surface area contributed by atoms with Crippen molar-refractivity contribution < 1.29 is 14.5 Å². The molecule has 0 heterocycles. The van der Waals surface area contributed by atoms with Gasteiger partial charge in [-0.05, 0) is 36.8 Å². The molecule has 0 aromatic heterocycles. The van der Waals surface area contributed by atoms with Crippen LogP contribution in [0.2, 0.25) is 0 Å². The molecule has 0 amide bonds. The molecule has 0 aliphatic carbocycles. The zero-order valence-corrected chi connectivity index (χ0v) is 12.1. The maximum Gasteiger partial charge on any atom is 0.280 e. The fourth-order valence-corrected chi connectivity index (χ4v) is 2.01. The smallest absolute Gasteiger partial charge is 0.280 e. The first-order valence-corrected chi connectivity index (χ1v) is 6.48. The van der Waals surface area contributed by atoms with Gasteiger partial charge in [0, 0.05) is 10.5 Å². The van der Waals surface area contributed by atoms with E-state index in [-0.39, 0.29) is 11.3 Å². The fraction of sp³-hybridized carbons (Fsp3) is 0.0714. The summed E-state index contributed by atoms with van der Waals surface area (Å²) in [4.78, 5) is 21.0. The van der Waals surface area contributed by atoms with E-state index in [0.717, 1.165) is 10.0 Å². The van der Waals surface area contributed by atoms with Crippen molar-refractivity contribution in [1.29, 1.82) is 0 Å². The van der Waals surface area contributed by atoms with Gasteiger partial charge in [-0.15, -0.1) is 0 Å². The second kappa shape index (κ2) is 5.83. The van der Waals surface area contributed by atoms with Crippen LogP contribution in [0.1, 0.15) is 15.9 Å². The Balaban J connectivity index is 2.37. The highest BCUT2D eigenvalue weighted by Crippen LogP contribution is 2.30. The second-order valence-electron chi connectivity index (χ2n) is 4.11. The molecule has 0 N–H and O–H groups in total. The van der Waals surface area contributed by atoms with E-state index in [1.165, 1.54) is 18.2 Å². The van der Waals surface area contributed by atoms with Gasteiger partial charge in [-0.25, -0.2) is 0 Å². The molecule has 0 atom stereocenters. The third-order valence-electron chi connectivity index (χ3n) is 2.70. The summed E-state index contributed by atoms with van der Waals surface area (Å²) >= 11 is 3.34. The number of nitrogens with zero attached hydrogens (tertiary/aromatic N) is 1. The number of benzene rings is 2. The molecule has 0 saturated carbocycles. The van der Waals surface area contributed by atoms with Crippen molar-refractivity contribution >= 4 is 27.9 Å². The standard InChI is InChI=1S/C14H10BrNO4/c1-9-2-3-11(15)7-14(9)20-12-4-5-13(16(18)19)10(6-12)8-17/h2-8H,1H3. The number of hydrogen-bond donors (Lipinski definition) is 0. The van der Waals surface area contributed by atoms with Gasteiger partial charge >= 0.3 is 0 Å². The number of halogens is 1. The monoisotopic (exact) mass is 335 g/mol. The summed E-state index contributed by atoms with van der Waals surface area (Å²) in [5, 5.41) is 10.7. The van der Waals surface area contributed by atoms with Crippen LogP contribution in [0, 0.1) is 17.0 Å². The maximum absolute atomic E-state index is 10.9. The lowest BCUT2D eigenvalue weighted by Crippen LogP contribution is -1.95. The minimum absolute atomic E-state index is 0.0138. The van der Waals surface area contributed by atoms with Crippen molar-refractivity contribution in [2.24, 2.45) is 0 Å². The van der Waals surface area contributed by atoms with E-state index in [0.29, 0.717) is 17.8 Å². The number of rotatable bonds is 4. The van der Waals surface area contributed by atoms with Crippen LogP contribution in [-0.2, 0) is 0 Å². The van der Waals surface area contributed by atoms with Crippen LogP contribution in [0.25, 0.3) is 0 Å². The van der Waals surface area contributed by atoms with E-state index >= 15 is 0 Å². The van der Waals surface area contributed by atoms with Crippen LogP contribution in [0.15, 0.2) is 40.9 Å². The number of hydrogen-bond acceptors (Lipinski definition) is 4. The Morgan fingerprint density at radius 1 is 1.25 bits per heavy atom. The highest BCUT2D eigenvalue weighted by atomic mass is 79.9. The van der Waals surface area contributed by atoms with Crippen molar-refractivity contribution in [2.45, 2.75) is 6.92 Å². The van der Waals surface area contributed by atoms with E-state index in [2.05, 4.69) is 15.9 Å². The average molecular weight is 336 g/mol. The normalized spacial score (nSPS) is 10.1. The molecule has 20 heavy (non-hydrogen) atoms. The van der Waals surface area contributed by atoms with E-state index < -0.39 is 4.92 Å². The molecule has 2 rings (SSSR count). The summed E-state index contributed by atoms with van der Waals surface area (Å²) in [7, 11) is 0. The molecule has 0 radical (unpaired) electrons. The van der Waals surface area contributed by atoms with Gasteiger partial charge in [0.1, 0.15) is 11.5 Å². The first kappa shape index (κ1) is 14.2. The second-order valence-corrected chi connectivity index (χ2v) is 5.02.